The van der Waals surface area contributed by atoms with Crippen molar-refractivity contribution in [3.8, 4) is 0 Å². The summed E-state index contributed by atoms with van der Waals surface area (Å²) >= 11 is 5.57. The summed E-state index contributed by atoms with van der Waals surface area (Å²) in [5.74, 6) is -0.801. The standard InChI is InChI=1S/C17H16ClF3N2O3S/c1-23(27(2,25)26)15(11-6-4-3-5-7-11)16(24)22-12-8-9-14(18)13(10-12)17(19,20)21/h3-10,15H,1-2H3,(H,22,24). The van der Waals surface area contributed by atoms with Gasteiger partial charge in [0.15, 0.2) is 0 Å². The Morgan fingerprint density at radius 1 is 1.15 bits per heavy atom. The lowest BCUT2D eigenvalue weighted by Crippen LogP contribution is -2.38. The second-order valence-corrected chi connectivity index (χ2v) is 8.22. The minimum absolute atomic E-state index is 0.153. The lowest BCUT2D eigenvalue weighted by atomic mass is 10.1. The van der Waals surface area contributed by atoms with Crippen LogP contribution in [0.25, 0.3) is 0 Å². The van der Waals surface area contributed by atoms with Gasteiger partial charge in [0.25, 0.3) is 0 Å². The largest absolute Gasteiger partial charge is 0.417 e. The Morgan fingerprint density at radius 3 is 2.26 bits per heavy atom. The second kappa shape index (κ2) is 7.87. The summed E-state index contributed by atoms with van der Waals surface area (Å²) in [6.45, 7) is 0. The maximum Gasteiger partial charge on any atom is 0.417 e. The SMILES string of the molecule is CN(C(C(=O)Nc1ccc(Cl)c(C(F)(F)F)c1)c1ccccc1)S(C)(=O)=O. The number of halogens is 4. The normalized spacial score (nSPS) is 13.4. The third kappa shape index (κ3) is 5.21. The highest BCUT2D eigenvalue weighted by Gasteiger charge is 2.34. The van der Waals surface area contributed by atoms with E-state index in [1.807, 2.05) is 0 Å². The van der Waals surface area contributed by atoms with Gasteiger partial charge in [-0.15, -0.1) is 0 Å². The molecule has 1 amide bonds. The zero-order chi connectivity index (χ0) is 20.4. The lowest BCUT2D eigenvalue weighted by molar-refractivity contribution is -0.137. The van der Waals surface area contributed by atoms with Gasteiger partial charge in [0.05, 0.1) is 16.8 Å². The number of hydrogen-bond donors (Lipinski definition) is 1. The molecule has 0 aromatic heterocycles. The monoisotopic (exact) mass is 420 g/mol. The third-order valence-electron chi connectivity index (χ3n) is 3.79. The number of hydrogen-bond acceptors (Lipinski definition) is 3. The van der Waals surface area contributed by atoms with E-state index < -0.39 is 38.7 Å². The molecule has 1 atom stereocenters. The molecule has 1 unspecified atom stereocenters. The number of rotatable bonds is 5. The van der Waals surface area contributed by atoms with E-state index in [0.717, 1.165) is 16.6 Å². The summed E-state index contributed by atoms with van der Waals surface area (Å²) in [6.07, 6.45) is -3.76. The summed E-state index contributed by atoms with van der Waals surface area (Å²) in [6, 6.07) is 9.69. The average Bonchev–Trinajstić information content (AvgIpc) is 2.56. The van der Waals surface area contributed by atoms with Gasteiger partial charge in [-0.25, -0.2) is 8.42 Å². The molecule has 10 heteroatoms. The zero-order valence-corrected chi connectivity index (χ0v) is 15.9. The maximum absolute atomic E-state index is 13.0. The van der Waals surface area contributed by atoms with Gasteiger partial charge < -0.3 is 5.32 Å². The van der Waals surface area contributed by atoms with E-state index in [1.54, 1.807) is 30.3 Å². The molecule has 0 heterocycles. The fourth-order valence-corrected chi connectivity index (χ4v) is 3.21. The van der Waals surface area contributed by atoms with Gasteiger partial charge in [0, 0.05) is 12.7 Å². The van der Waals surface area contributed by atoms with Gasteiger partial charge in [-0.1, -0.05) is 41.9 Å². The van der Waals surface area contributed by atoms with E-state index in [9.17, 15) is 26.4 Å². The van der Waals surface area contributed by atoms with Crippen LogP contribution in [0.4, 0.5) is 18.9 Å². The topological polar surface area (TPSA) is 66.5 Å². The molecule has 2 aromatic rings. The quantitative estimate of drug-likeness (QED) is 0.797. The molecule has 0 saturated carbocycles. The molecule has 0 spiro atoms. The molecule has 146 valence electrons. The van der Waals surface area contributed by atoms with E-state index in [2.05, 4.69) is 5.32 Å². The Hall–Kier alpha value is -2.10. The number of anilines is 1. The Labute approximate surface area is 159 Å². The van der Waals surface area contributed by atoms with Crippen molar-refractivity contribution in [2.24, 2.45) is 0 Å². The molecule has 2 aromatic carbocycles. The van der Waals surface area contributed by atoms with Crippen LogP contribution >= 0.6 is 11.6 Å². The number of sulfonamides is 1. The van der Waals surface area contributed by atoms with Crippen molar-refractivity contribution in [3.63, 3.8) is 0 Å². The van der Waals surface area contributed by atoms with E-state index >= 15 is 0 Å². The van der Waals surface area contributed by atoms with Gasteiger partial charge in [0.2, 0.25) is 15.9 Å². The molecule has 27 heavy (non-hydrogen) atoms. The maximum atomic E-state index is 13.0. The number of benzene rings is 2. The first-order valence-corrected chi connectivity index (χ1v) is 9.79. The first kappa shape index (κ1) is 21.2. The summed E-state index contributed by atoms with van der Waals surface area (Å²) in [5, 5.41) is 1.82. The first-order valence-electron chi connectivity index (χ1n) is 7.57. The van der Waals surface area contributed by atoms with Gasteiger partial charge in [-0.2, -0.15) is 17.5 Å². The molecular formula is C17H16ClF3N2O3S. The molecule has 5 nitrogen and oxygen atoms in total. The van der Waals surface area contributed by atoms with Crippen molar-refractivity contribution >= 4 is 33.2 Å². The number of amides is 1. The highest BCUT2D eigenvalue weighted by Crippen LogP contribution is 2.36. The van der Waals surface area contributed by atoms with Crippen LogP contribution in [0.15, 0.2) is 48.5 Å². The number of likely N-dealkylation sites (N-methyl/N-ethyl adjacent to an activating group) is 1. The van der Waals surface area contributed by atoms with Crippen LogP contribution in [-0.4, -0.2) is 31.9 Å². The van der Waals surface area contributed by atoms with E-state index in [1.165, 1.54) is 13.1 Å². The Kier molecular flexibility index (Phi) is 6.18. The van der Waals surface area contributed by atoms with Crippen LogP contribution in [0.1, 0.15) is 17.2 Å². The van der Waals surface area contributed by atoms with Gasteiger partial charge >= 0.3 is 6.18 Å². The predicted octanol–water partition coefficient (Wildman–Crippen LogP) is 3.93. The van der Waals surface area contributed by atoms with Crippen LogP contribution in [-0.2, 0) is 21.0 Å². The molecule has 1 N–H and O–H groups in total. The summed E-state index contributed by atoms with van der Waals surface area (Å²) in [4.78, 5) is 12.7. The molecule has 0 saturated heterocycles. The predicted molar refractivity (Wildman–Crippen MR) is 96.9 cm³/mol. The van der Waals surface area contributed by atoms with Crippen LogP contribution in [0.3, 0.4) is 0 Å². The molecule has 2 rings (SSSR count). The molecule has 0 aliphatic heterocycles. The minimum Gasteiger partial charge on any atom is -0.324 e. The van der Waals surface area contributed by atoms with E-state index in [4.69, 9.17) is 11.6 Å². The molecular weight excluding hydrogens is 405 g/mol. The summed E-state index contributed by atoms with van der Waals surface area (Å²) in [7, 11) is -2.54. The smallest absolute Gasteiger partial charge is 0.324 e. The van der Waals surface area contributed by atoms with Crippen LogP contribution in [0.5, 0.6) is 0 Å². The molecule has 0 aliphatic carbocycles. The molecule has 0 fully saturated rings. The van der Waals surface area contributed by atoms with Crippen molar-refractivity contribution in [2.75, 3.05) is 18.6 Å². The highest BCUT2D eigenvalue weighted by atomic mass is 35.5. The number of nitrogens with one attached hydrogen (secondary N) is 1. The molecule has 0 aliphatic rings. The Morgan fingerprint density at radius 2 is 1.74 bits per heavy atom. The van der Waals surface area contributed by atoms with E-state index in [0.29, 0.717) is 11.6 Å². The van der Waals surface area contributed by atoms with Gasteiger partial charge in [-0.3, -0.25) is 4.79 Å². The average molecular weight is 421 g/mol. The Balaban J connectivity index is 2.40. The minimum atomic E-state index is -4.69. The second-order valence-electron chi connectivity index (χ2n) is 5.77. The van der Waals surface area contributed by atoms with Crippen LogP contribution < -0.4 is 5.32 Å². The van der Waals surface area contributed by atoms with Crippen LogP contribution in [0.2, 0.25) is 5.02 Å². The number of alkyl halides is 3. The van der Waals surface area contributed by atoms with Crippen molar-refractivity contribution < 1.29 is 26.4 Å². The van der Waals surface area contributed by atoms with E-state index in [-0.39, 0.29) is 5.69 Å². The van der Waals surface area contributed by atoms with Crippen molar-refractivity contribution in [1.29, 1.82) is 0 Å². The molecule has 0 radical (unpaired) electrons. The fourth-order valence-electron chi connectivity index (χ4n) is 2.38. The number of nitrogens with zero attached hydrogens (tertiary/aromatic N) is 1. The Bertz CT molecular complexity index is 934. The summed E-state index contributed by atoms with van der Waals surface area (Å²) < 4.78 is 63.6. The third-order valence-corrected chi connectivity index (χ3v) is 5.38. The van der Waals surface area contributed by atoms with Crippen LogP contribution in [0, 0.1) is 0 Å². The van der Waals surface area contributed by atoms with Crippen molar-refractivity contribution in [3.05, 3.63) is 64.7 Å². The lowest BCUT2D eigenvalue weighted by Gasteiger charge is -2.25. The zero-order valence-electron chi connectivity index (χ0n) is 14.3. The van der Waals surface area contributed by atoms with Gasteiger partial charge in [0.1, 0.15) is 6.04 Å². The summed E-state index contributed by atoms with van der Waals surface area (Å²) in [5.41, 5.74) is -0.887. The van der Waals surface area contributed by atoms with Crippen molar-refractivity contribution in [2.45, 2.75) is 12.2 Å². The molecule has 0 bridgehead atoms. The fraction of sp³-hybridized carbons (Fsp3) is 0.235. The van der Waals surface area contributed by atoms with Crippen molar-refractivity contribution in [1.82, 2.24) is 4.31 Å². The van der Waals surface area contributed by atoms with Gasteiger partial charge in [-0.05, 0) is 23.8 Å². The highest BCUT2D eigenvalue weighted by molar-refractivity contribution is 7.88. The number of carbonyl (C=O) groups is 1. The first-order chi connectivity index (χ1) is 12.4. The number of carbonyl (C=O) groups excluding carboxylic acids is 1.